The second kappa shape index (κ2) is 3.88. The van der Waals surface area contributed by atoms with Gasteiger partial charge in [-0.1, -0.05) is 0 Å². The van der Waals surface area contributed by atoms with Gasteiger partial charge in [-0.2, -0.15) is 0 Å². The molecule has 1 saturated heterocycles. The van der Waals surface area contributed by atoms with Crippen molar-refractivity contribution in [2.45, 2.75) is 19.8 Å². The first kappa shape index (κ1) is 10.8. The molecular formula is C12H14N3OP. The number of pyridine rings is 1. The highest BCUT2D eigenvalue weighted by molar-refractivity contribution is 7.71. The van der Waals surface area contributed by atoms with Gasteiger partial charge in [0.15, 0.2) is 5.65 Å². The summed E-state index contributed by atoms with van der Waals surface area (Å²) in [6, 6.07) is 1.95. The van der Waals surface area contributed by atoms with Crippen LogP contribution >= 0.6 is 7.14 Å². The molecule has 5 heteroatoms. The van der Waals surface area contributed by atoms with Crippen molar-refractivity contribution < 1.29 is 4.57 Å². The molecule has 0 spiro atoms. The SMILES string of the molecule is Cc1ncc2cc(P3(=O)CCCC3)cnc2n1. The first-order valence-corrected chi connectivity index (χ1v) is 7.93. The molecule has 0 saturated carbocycles. The van der Waals surface area contributed by atoms with E-state index in [9.17, 15) is 4.57 Å². The molecular weight excluding hydrogens is 233 g/mol. The van der Waals surface area contributed by atoms with Gasteiger partial charge >= 0.3 is 0 Å². The van der Waals surface area contributed by atoms with E-state index in [1.807, 2.05) is 13.0 Å². The molecule has 0 radical (unpaired) electrons. The van der Waals surface area contributed by atoms with E-state index in [1.165, 1.54) is 0 Å². The Morgan fingerprint density at radius 1 is 1.18 bits per heavy atom. The van der Waals surface area contributed by atoms with E-state index in [0.29, 0.717) is 11.5 Å². The summed E-state index contributed by atoms with van der Waals surface area (Å²) in [4.78, 5) is 12.7. The van der Waals surface area contributed by atoms with Crippen LogP contribution in [0.25, 0.3) is 11.0 Å². The average Bonchev–Trinajstić information content (AvgIpc) is 2.77. The van der Waals surface area contributed by atoms with E-state index in [0.717, 1.165) is 35.9 Å². The summed E-state index contributed by atoms with van der Waals surface area (Å²) in [5, 5.41) is 1.78. The van der Waals surface area contributed by atoms with Gasteiger partial charge in [0.25, 0.3) is 0 Å². The highest BCUT2D eigenvalue weighted by Crippen LogP contribution is 2.50. The lowest BCUT2D eigenvalue weighted by molar-refractivity contribution is 0.585. The van der Waals surface area contributed by atoms with Gasteiger partial charge in [-0.25, -0.2) is 15.0 Å². The van der Waals surface area contributed by atoms with Gasteiger partial charge in [-0.05, 0) is 25.8 Å². The van der Waals surface area contributed by atoms with Crippen molar-refractivity contribution in [2.24, 2.45) is 0 Å². The predicted octanol–water partition coefficient (Wildman–Crippen LogP) is 2.12. The maximum absolute atomic E-state index is 12.6. The fourth-order valence-electron chi connectivity index (χ4n) is 2.32. The van der Waals surface area contributed by atoms with Crippen LogP contribution in [0.3, 0.4) is 0 Å². The van der Waals surface area contributed by atoms with Crippen molar-refractivity contribution in [3.63, 3.8) is 0 Å². The topological polar surface area (TPSA) is 55.7 Å². The fourth-order valence-corrected chi connectivity index (χ4v) is 5.18. The van der Waals surface area contributed by atoms with Crippen LogP contribution in [0.4, 0.5) is 0 Å². The second-order valence-corrected chi connectivity index (χ2v) is 7.76. The Hall–Kier alpha value is -1.28. The zero-order valence-corrected chi connectivity index (χ0v) is 10.7. The zero-order chi connectivity index (χ0) is 11.9. The van der Waals surface area contributed by atoms with Crippen LogP contribution in [-0.2, 0) is 4.57 Å². The molecule has 4 nitrogen and oxygen atoms in total. The molecule has 17 heavy (non-hydrogen) atoms. The molecule has 0 unspecified atom stereocenters. The number of nitrogens with zero attached hydrogens (tertiary/aromatic N) is 3. The van der Waals surface area contributed by atoms with Crippen LogP contribution in [0.2, 0.25) is 0 Å². The van der Waals surface area contributed by atoms with E-state index in [1.54, 1.807) is 12.4 Å². The molecule has 0 N–H and O–H groups in total. The van der Waals surface area contributed by atoms with Crippen molar-refractivity contribution in [1.82, 2.24) is 15.0 Å². The first-order valence-electron chi connectivity index (χ1n) is 5.85. The monoisotopic (exact) mass is 247 g/mol. The van der Waals surface area contributed by atoms with Gasteiger partial charge in [-0.3, -0.25) is 0 Å². The van der Waals surface area contributed by atoms with Crippen LogP contribution in [0.15, 0.2) is 18.5 Å². The molecule has 88 valence electrons. The van der Waals surface area contributed by atoms with Crippen molar-refractivity contribution in [2.75, 3.05) is 12.3 Å². The minimum Gasteiger partial charge on any atom is -0.319 e. The van der Waals surface area contributed by atoms with E-state index >= 15 is 0 Å². The summed E-state index contributed by atoms with van der Waals surface area (Å²) in [7, 11) is -2.16. The molecule has 0 amide bonds. The zero-order valence-electron chi connectivity index (χ0n) is 9.76. The predicted molar refractivity (Wildman–Crippen MR) is 68.3 cm³/mol. The smallest absolute Gasteiger partial charge is 0.162 e. The van der Waals surface area contributed by atoms with Gasteiger partial charge in [0.05, 0.1) is 0 Å². The highest BCUT2D eigenvalue weighted by Gasteiger charge is 2.29. The van der Waals surface area contributed by atoms with Gasteiger partial charge in [0.1, 0.15) is 13.0 Å². The number of hydrogen-bond donors (Lipinski definition) is 0. The van der Waals surface area contributed by atoms with Crippen LogP contribution in [0.5, 0.6) is 0 Å². The van der Waals surface area contributed by atoms with Crippen LogP contribution in [-0.4, -0.2) is 27.3 Å². The van der Waals surface area contributed by atoms with E-state index < -0.39 is 7.14 Å². The number of fused-ring (bicyclic) bond motifs is 1. The van der Waals surface area contributed by atoms with Crippen LogP contribution in [0, 0.1) is 6.92 Å². The minimum atomic E-state index is -2.16. The number of aromatic nitrogens is 3. The summed E-state index contributed by atoms with van der Waals surface area (Å²) >= 11 is 0. The lowest BCUT2D eigenvalue weighted by atomic mass is 10.3. The van der Waals surface area contributed by atoms with Gasteiger partial charge in [0, 0.05) is 35.4 Å². The Morgan fingerprint density at radius 3 is 2.71 bits per heavy atom. The normalized spacial score (nSPS) is 18.6. The molecule has 1 aliphatic heterocycles. The summed E-state index contributed by atoms with van der Waals surface area (Å²) in [5.74, 6) is 0.713. The molecule has 2 aromatic rings. The Labute approximate surface area is 99.9 Å². The average molecular weight is 247 g/mol. The Morgan fingerprint density at radius 2 is 1.94 bits per heavy atom. The molecule has 0 aliphatic carbocycles. The maximum Gasteiger partial charge on any atom is 0.162 e. The summed E-state index contributed by atoms with van der Waals surface area (Å²) < 4.78 is 12.6. The third-order valence-electron chi connectivity index (χ3n) is 3.30. The molecule has 0 atom stereocenters. The van der Waals surface area contributed by atoms with Crippen LogP contribution < -0.4 is 5.30 Å². The molecule has 0 aromatic carbocycles. The number of rotatable bonds is 1. The quantitative estimate of drug-likeness (QED) is 0.724. The fraction of sp³-hybridized carbons (Fsp3) is 0.417. The van der Waals surface area contributed by atoms with Crippen molar-refractivity contribution in [3.05, 3.63) is 24.3 Å². The summed E-state index contributed by atoms with van der Waals surface area (Å²) in [6.07, 6.45) is 7.29. The Bertz CT molecular complexity index is 616. The number of aryl methyl sites for hydroxylation is 1. The standard InChI is InChI=1S/C12H14N3OP/c1-9-13-7-10-6-11(8-14-12(10)15-9)17(16)4-2-3-5-17/h6-8H,2-5H2,1H3. The maximum atomic E-state index is 12.6. The van der Waals surface area contributed by atoms with Gasteiger partial charge in [0.2, 0.25) is 0 Å². The second-order valence-electron chi connectivity index (χ2n) is 4.57. The van der Waals surface area contributed by atoms with Crippen molar-refractivity contribution >= 4 is 23.5 Å². The van der Waals surface area contributed by atoms with Crippen LogP contribution in [0.1, 0.15) is 18.7 Å². The van der Waals surface area contributed by atoms with E-state index in [-0.39, 0.29) is 0 Å². The first-order chi connectivity index (χ1) is 8.17. The molecule has 1 aliphatic rings. The molecule has 2 aromatic heterocycles. The third-order valence-corrected chi connectivity index (χ3v) is 6.56. The van der Waals surface area contributed by atoms with Gasteiger partial charge < -0.3 is 4.57 Å². The molecule has 1 fully saturated rings. The molecule has 3 heterocycles. The summed E-state index contributed by atoms with van der Waals surface area (Å²) in [6.45, 7) is 1.84. The Balaban J connectivity index is 2.13. The lowest BCUT2D eigenvalue weighted by Gasteiger charge is -2.11. The highest BCUT2D eigenvalue weighted by atomic mass is 31.2. The minimum absolute atomic E-state index is 0.687. The number of hydrogen-bond acceptors (Lipinski definition) is 4. The molecule has 3 rings (SSSR count). The van der Waals surface area contributed by atoms with E-state index in [4.69, 9.17) is 0 Å². The molecule has 0 bridgehead atoms. The van der Waals surface area contributed by atoms with E-state index in [2.05, 4.69) is 15.0 Å². The van der Waals surface area contributed by atoms with Crippen molar-refractivity contribution in [1.29, 1.82) is 0 Å². The largest absolute Gasteiger partial charge is 0.319 e. The van der Waals surface area contributed by atoms with Crippen molar-refractivity contribution in [3.8, 4) is 0 Å². The third kappa shape index (κ3) is 1.87. The Kier molecular flexibility index (Phi) is 2.48. The van der Waals surface area contributed by atoms with Gasteiger partial charge in [-0.15, -0.1) is 0 Å². The summed E-state index contributed by atoms with van der Waals surface area (Å²) in [5.41, 5.74) is 0.687. The lowest BCUT2D eigenvalue weighted by Crippen LogP contribution is -2.08.